The second-order valence-electron chi connectivity index (χ2n) is 5.35. The van der Waals surface area contributed by atoms with Crippen LogP contribution in [0.4, 0.5) is 0 Å². The first-order chi connectivity index (χ1) is 9.28. The fourth-order valence-corrected chi connectivity index (χ4v) is 2.16. The molecule has 0 heterocycles. The first kappa shape index (κ1) is 14.8. The highest BCUT2D eigenvalue weighted by Gasteiger charge is 2.51. The Labute approximate surface area is 121 Å². The average Bonchev–Trinajstić information content (AvgIpc) is 3.18. The summed E-state index contributed by atoms with van der Waals surface area (Å²) in [7, 11) is 0. The summed E-state index contributed by atoms with van der Waals surface area (Å²) < 4.78 is 0. The molecule has 0 saturated heterocycles. The van der Waals surface area contributed by atoms with Gasteiger partial charge in [-0.15, -0.1) is 0 Å². The van der Waals surface area contributed by atoms with E-state index in [1.807, 2.05) is 0 Å². The van der Waals surface area contributed by atoms with E-state index in [1.165, 1.54) is 0 Å². The molecule has 5 nitrogen and oxygen atoms in total. The van der Waals surface area contributed by atoms with Gasteiger partial charge in [-0.05, 0) is 37.5 Å². The van der Waals surface area contributed by atoms with Crippen molar-refractivity contribution in [1.29, 1.82) is 0 Å². The second-order valence-corrected chi connectivity index (χ2v) is 5.79. The van der Waals surface area contributed by atoms with Crippen LogP contribution in [0.5, 0.6) is 0 Å². The summed E-state index contributed by atoms with van der Waals surface area (Å²) in [6, 6.07) is 7.03. The van der Waals surface area contributed by atoms with Crippen LogP contribution >= 0.6 is 11.6 Å². The van der Waals surface area contributed by atoms with Crippen molar-refractivity contribution in [3.63, 3.8) is 0 Å². The number of aliphatic hydroxyl groups is 1. The number of carboxylic acid groups (broad SMARTS) is 1. The Morgan fingerprint density at radius 3 is 2.35 bits per heavy atom. The molecule has 0 aromatic heterocycles. The van der Waals surface area contributed by atoms with Gasteiger partial charge in [0.1, 0.15) is 0 Å². The molecule has 1 fully saturated rings. The van der Waals surface area contributed by atoms with E-state index in [1.54, 1.807) is 24.3 Å². The fraction of sp³-hybridized carbons (Fsp3) is 0.429. The summed E-state index contributed by atoms with van der Waals surface area (Å²) in [4.78, 5) is 23.0. The topological polar surface area (TPSA) is 86.6 Å². The van der Waals surface area contributed by atoms with Gasteiger partial charge in [-0.25, -0.2) is 4.79 Å². The number of hydrogen-bond acceptors (Lipinski definition) is 3. The predicted octanol–water partition coefficient (Wildman–Crippen LogP) is 1.32. The van der Waals surface area contributed by atoms with Crippen LogP contribution in [0.25, 0.3) is 0 Å². The average molecular weight is 298 g/mol. The van der Waals surface area contributed by atoms with Gasteiger partial charge >= 0.3 is 5.97 Å². The summed E-state index contributed by atoms with van der Waals surface area (Å²) in [5, 5.41) is 21.5. The molecule has 3 N–H and O–H groups in total. The lowest BCUT2D eigenvalue weighted by molar-refractivity contribution is -0.156. The van der Waals surface area contributed by atoms with Crippen LogP contribution < -0.4 is 5.32 Å². The third-order valence-electron chi connectivity index (χ3n) is 3.64. The highest BCUT2D eigenvalue weighted by molar-refractivity contribution is 6.30. The third kappa shape index (κ3) is 2.78. The van der Waals surface area contributed by atoms with Crippen molar-refractivity contribution in [3.8, 4) is 0 Å². The molecular weight excluding hydrogens is 282 g/mol. The largest absolute Gasteiger partial charge is 0.479 e. The van der Waals surface area contributed by atoms with E-state index in [4.69, 9.17) is 16.7 Å². The van der Waals surface area contributed by atoms with Gasteiger partial charge in [0.05, 0.1) is 12.0 Å². The highest BCUT2D eigenvalue weighted by Crippen LogP contribution is 2.48. The first-order valence-electron chi connectivity index (χ1n) is 6.28. The summed E-state index contributed by atoms with van der Waals surface area (Å²) in [6.07, 6.45) is 1.41. The van der Waals surface area contributed by atoms with Crippen LogP contribution in [0.15, 0.2) is 24.3 Å². The van der Waals surface area contributed by atoms with Crippen molar-refractivity contribution < 1.29 is 19.8 Å². The highest BCUT2D eigenvalue weighted by atomic mass is 35.5. The predicted molar refractivity (Wildman–Crippen MR) is 73.6 cm³/mol. The summed E-state index contributed by atoms with van der Waals surface area (Å²) >= 11 is 5.82. The number of nitrogens with one attached hydrogen (secondary N) is 1. The molecular formula is C14H16ClNO4. The van der Waals surface area contributed by atoms with Crippen LogP contribution in [0.2, 0.25) is 5.02 Å². The monoisotopic (exact) mass is 297 g/mol. The van der Waals surface area contributed by atoms with Gasteiger partial charge in [0.25, 0.3) is 0 Å². The van der Waals surface area contributed by atoms with E-state index in [2.05, 4.69) is 5.32 Å². The number of amides is 1. The second kappa shape index (κ2) is 5.07. The van der Waals surface area contributed by atoms with Crippen molar-refractivity contribution in [3.05, 3.63) is 34.9 Å². The zero-order chi connectivity index (χ0) is 15.0. The van der Waals surface area contributed by atoms with Crippen LogP contribution in [-0.2, 0) is 15.0 Å². The lowest BCUT2D eigenvalue weighted by Crippen LogP contribution is -2.48. The molecule has 1 saturated carbocycles. The molecule has 20 heavy (non-hydrogen) atoms. The van der Waals surface area contributed by atoms with Gasteiger partial charge in [0.15, 0.2) is 5.60 Å². The van der Waals surface area contributed by atoms with E-state index in [0.717, 1.165) is 12.5 Å². The molecule has 0 bridgehead atoms. The first-order valence-corrected chi connectivity index (χ1v) is 6.66. The van der Waals surface area contributed by atoms with Crippen molar-refractivity contribution in [2.75, 3.05) is 6.54 Å². The van der Waals surface area contributed by atoms with Crippen LogP contribution in [0.1, 0.15) is 25.3 Å². The standard InChI is InChI=1S/C14H16ClNO4/c1-13(20,12(18)19)8-16-11(17)14(6-7-14)9-2-4-10(15)5-3-9/h2-5,20H,6-8H2,1H3,(H,16,17)(H,18,19). The minimum atomic E-state index is -1.97. The van der Waals surface area contributed by atoms with E-state index in [9.17, 15) is 14.7 Å². The Bertz CT molecular complexity index is 535. The number of hydrogen-bond donors (Lipinski definition) is 3. The minimum Gasteiger partial charge on any atom is -0.479 e. The van der Waals surface area contributed by atoms with E-state index in [0.29, 0.717) is 17.9 Å². The van der Waals surface area contributed by atoms with Gasteiger partial charge < -0.3 is 15.5 Å². The molecule has 2 rings (SSSR count). The minimum absolute atomic E-state index is 0.263. The SMILES string of the molecule is CC(O)(CNC(=O)C1(c2ccc(Cl)cc2)CC1)C(=O)O. The van der Waals surface area contributed by atoms with E-state index < -0.39 is 17.0 Å². The number of carbonyl (C=O) groups excluding carboxylic acids is 1. The molecule has 0 spiro atoms. The van der Waals surface area contributed by atoms with E-state index >= 15 is 0 Å². The molecule has 1 atom stereocenters. The number of rotatable bonds is 5. The van der Waals surface area contributed by atoms with Crippen molar-refractivity contribution >= 4 is 23.5 Å². The Kier molecular flexibility index (Phi) is 3.75. The maximum atomic E-state index is 12.2. The Morgan fingerprint density at radius 2 is 1.90 bits per heavy atom. The van der Waals surface area contributed by atoms with Crippen molar-refractivity contribution in [1.82, 2.24) is 5.32 Å². The maximum Gasteiger partial charge on any atom is 0.337 e. The van der Waals surface area contributed by atoms with Crippen LogP contribution in [0, 0.1) is 0 Å². The summed E-state index contributed by atoms with van der Waals surface area (Å²) in [5.74, 6) is -1.63. The number of aliphatic carboxylic acids is 1. The number of benzene rings is 1. The van der Waals surface area contributed by atoms with Gasteiger partial charge in [-0.3, -0.25) is 4.79 Å². The van der Waals surface area contributed by atoms with Gasteiger partial charge in [0, 0.05) is 5.02 Å². The van der Waals surface area contributed by atoms with Crippen LogP contribution in [0.3, 0.4) is 0 Å². The van der Waals surface area contributed by atoms with Crippen molar-refractivity contribution in [2.24, 2.45) is 0 Å². The molecule has 1 aromatic rings. The zero-order valence-corrected chi connectivity index (χ0v) is 11.8. The molecule has 1 unspecified atom stereocenters. The number of carboxylic acids is 1. The lowest BCUT2D eigenvalue weighted by Gasteiger charge is -2.21. The Hall–Kier alpha value is -1.59. The Morgan fingerprint density at radius 1 is 1.35 bits per heavy atom. The molecule has 1 aromatic carbocycles. The van der Waals surface area contributed by atoms with Gasteiger partial charge in [-0.2, -0.15) is 0 Å². The van der Waals surface area contributed by atoms with Crippen molar-refractivity contribution in [2.45, 2.75) is 30.8 Å². The molecule has 6 heteroatoms. The quantitative estimate of drug-likeness (QED) is 0.765. The number of halogens is 1. The zero-order valence-electron chi connectivity index (χ0n) is 11.0. The summed E-state index contributed by atoms with van der Waals surface area (Å²) in [6.45, 7) is 0.827. The Balaban J connectivity index is 2.06. The molecule has 1 aliphatic carbocycles. The molecule has 0 aliphatic heterocycles. The third-order valence-corrected chi connectivity index (χ3v) is 3.89. The van der Waals surface area contributed by atoms with Gasteiger partial charge in [0.2, 0.25) is 5.91 Å². The fourth-order valence-electron chi connectivity index (χ4n) is 2.04. The molecule has 1 aliphatic rings. The van der Waals surface area contributed by atoms with Gasteiger partial charge in [-0.1, -0.05) is 23.7 Å². The smallest absolute Gasteiger partial charge is 0.337 e. The normalized spacial score (nSPS) is 18.9. The summed E-state index contributed by atoms with van der Waals surface area (Å²) in [5.41, 5.74) is -1.72. The van der Waals surface area contributed by atoms with Crippen LogP contribution in [-0.4, -0.2) is 34.2 Å². The molecule has 108 valence electrons. The lowest BCUT2D eigenvalue weighted by atomic mass is 9.94. The number of carbonyl (C=O) groups is 2. The molecule has 1 amide bonds. The molecule has 0 radical (unpaired) electrons. The van der Waals surface area contributed by atoms with E-state index in [-0.39, 0.29) is 12.5 Å². The maximum absolute atomic E-state index is 12.2.